The first-order valence-electron chi connectivity index (χ1n) is 7.90. The molecule has 3 aromatic rings. The van der Waals surface area contributed by atoms with E-state index in [1.54, 1.807) is 24.5 Å². The van der Waals surface area contributed by atoms with Crippen LogP contribution in [0.5, 0.6) is 0 Å². The lowest BCUT2D eigenvalue weighted by molar-refractivity contribution is 0.627. The first-order valence-corrected chi connectivity index (χ1v) is 8.28. The minimum absolute atomic E-state index is 0.240. The highest BCUT2D eigenvalue weighted by Crippen LogP contribution is 2.32. The van der Waals surface area contributed by atoms with Crippen LogP contribution in [-0.2, 0) is 0 Å². The highest BCUT2D eigenvalue weighted by molar-refractivity contribution is 6.30. The van der Waals surface area contributed by atoms with Gasteiger partial charge in [0.05, 0.1) is 17.9 Å². The van der Waals surface area contributed by atoms with Gasteiger partial charge in [0, 0.05) is 28.6 Å². The Kier molecular flexibility index (Phi) is 4.12. The molecule has 5 heteroatoms. The quantitative estimate of drug-likeness (QED) is 0.737. The molecule has 0 atom stereocenters. The van der Waals surface area contributed by atoms with Crippen molar-refractivity contribution >= 4 is 28.6 Å². The molecule has 0 radical (unpaired) electrons. The van der Waals surface area contributed by atoms with Crippen LogP contribution in [0.15, 0.2) is 73.1 Å². The van der Waals surface area contributed by atoms with Gasteiger partial charge in [0.25, 0.3) is 0 Å². The van der Waals surface area contributed by atoms with Gasteiger partial charge in [0.15, 0.2) is 0 Å². The van der Waals surface area contributed by atoms with Crippen molar-refractivity contribution in [3.8, 4) is 0 Å². The SMILES string of the molecule is Fc1ccc(C2=C(c3ccncc3)NN(c3ccc(Cl)cc3)C2)cc1. The van der Waals surface area contributed by atoms with Crippen molar-refractivity contribution in [1.82, 2.24) is 10.4 Å². The average molecular weight is 352 g/mol. The molecule has 124 valence electrons. The average Bonchev–Trinajstić information content (AvgIpc) is 3.09. The maximum absolute atomic E-state index is 13.3. The van der Waals surface area contributed by atoms with Gasteiger partial charge in [-0.05, 0) is 54.1 Å². The fourth-order valence-corrected chi connectivity index (χ4v) is 3.03. The van der Waals surface area contributed by atoms with Crippen LogP contribution in [0.3, 0.4) is 0 Å². The number of pyridine rings is 1. The fraction of sp³-hybridized carbons (Fsp3) is 0.0500. The van der Waals surface area contributed by atoms with Crippen LogP contribution in [0.1, 0.15) is 11.1 Å². The molecule has 2 aromatic carbocycles. The zero-order valence-corrected chi connectivity index (χ0v) is 14.0. The van der Waals surface area contributed by atoms with Gasteiger partial charge in [-0.3, -0.25) is 15.4 Å². The smallest absolute Gasteiger partial charge is 0.123 e. The van der Waals surface area contributed by atoms with Crippen molar-refractivity contribution in [2.45, 2.75) is 0 Å². The number of hydrogen-bond acceptors (Lipinski definition) is 3. The maximum atomic E-state index is 13.3. The Balaban J connectivity index is 1.74. The second kappa shape index (κ2) is 6.57. The molecule has 0 spiro atoms. The summed E-state index contributed by atoms with van der Waals surface area (Å²) in [6.07, 6.45) is 3.52. The fourth-order valence-electron chi connectivity index (χ4n) is 2.90. The zero-order chi connectivity index (χ0) is 17.2. The van der Waals surface area contributed by atoms with Crippen molar-refractivity contribution in [3.63, 3.8) is 0 Å². The van der Waals surface area contributed by atoms with E-state index in [2.05, 4.69) is 10.4 Å². The van der Waals surface area contributed by atoms with Crippen molar-refractivity contribution in [3.05, 3.63) is 95.0 Å². The van der Waals surface area contributed by atoms with E-state index in [0.717, 1.165) is 28.1 Å². The molecule has 4 rings (SSSR count). The second-order valence-corrected chi connectivity index (χ2v) is 6.21. The molecule has 2 heterocycles. The van der Waals surface area contributed by atoms with Gasteiger partial charge in [-0.25, -0.2) is 4.39 Å². The van der Waals surface area contributed by atoms with Gasteiger partial charge in [0.2, 0.25) is 0 Å². The molecule has 0 unspecified atom stereocenters. The van der Waals surface area contributed by atoms with Crippen LogP contribution in [-0.4, -0.2) is 11.5 Å². The molecule has 0 aliphatic carbocycles. The molecule has 1 aliphatic heterocycles. The Morgan fingerprint density at radius 2 is 1.56 bits per heavy atom. The summed E-state index contributed by atoms with van der Waals surface area (Å²) in [6.45, 7) is 0.658. The lowest BCUT2D eigenvalue weighted by Gasteiger charge is -2.20. The van der Waals surface area contributed by atoms with Crippen molar-refractivity contribution < 1.29 is 4.39 Å². The van der Waals surface area contributed by atoms with E-state index < -0.39 is 0 Å². The standard InChI is InChI=1S/C20H15ClFN3/c21-16-3-7-18(8-4-16)25-13-19(14-1-5-17(22)6-2-14)20(24-25)15-9-11-23-12-10-15/h1-12,24H,13H2. The summed E-state index contributed by atoms with van der Waals surface area (Å²) >= 11 is 5.99. The first-order chi connectivity index (χ1) is 12.2. The molecule has 1 aliphatic rings. The van der Waals surface area contributed by atoms with Crippen LogP contribution >= 0.6 is 11.6 Å². The van der Waals surface area contributed by atoms with Crippen LogP contribution in [0.2, 0.25) is 5.02 Å². The minimum atomic E-state index is -0.240. The number of benzene rings is 2. The Hall–Kier alpha value is -2.85. The normalized spacial score (nSPS) is 13.9. The van der Waals surface area contributed by atoms with Gasteiger partial charge in [-0.2, -0.15) is 0 Å². The van der Waals surface area contributed by atoms with E-state index in [1.807, 2.05) is 41.4 Å². The number of aromatic nitrogens is 1. The summed E-state index contributed by atoms with van der Waals surface area (Å²) in [5.41, 5.74) is 8.57. The van der Waals surface area contributed by atoms with E-state index in [4.69, 9.17) is 11.6 Å². The van der Waals surface area contributed by atoms with Gasteiger partial charge < -0.3 is 0 Å². The molecule has 0 saturated carbocycles. The number of hydrazine groups is 1. The third-order valence-electron chi connectivity index (χ3n) is 4.16. The second-order valence-electron chi connectivity index (χ2n) is 5.77. The monoisotopic (exact) mass is 351 g/mol. The van der Waals surface area contributed by atoms with Gasteiger partial charge in [0.1, 0.15) is 5.82 Å². The highest BCUT2D eigenvalue weighted by Gasteiger charge is 2.24. The van der Waals surface area contributed by atoms with Gasteiger partial charge >= 0.3 is 0 Å². The maximum Gasteiger partial charge on any atom is 0.123 e. The summed E-state index contributed by atoms with van der Waals surface area (Å²) in [5, 5.41) is 2.74. The third kappa shape index (κ3) is 3.21. The van der Waals surface area contributed by atoms with Crippen LogP contribution in [0, 0.1) is 5.82 Å². The Morgan fingerprint density at radius 3 is 2.24 bits per heavy atom. The largest absolute Gasteiger partial charge is 0.297 e. The number of hydrogen-bond donors (Lipinski definition) is 1. The number of halogens is 2. The molecule has 3 nitrogen and oxygen atoms in total. The molecular formula is C20H15ClFN3. The molecule has 1 N–H and O–H groups in total. The Labute approximate surface area is 150 Å². The first kappa shape index (κ1) is 15.7. The zero-order valence-electron chi connectivity index (χ0n) is 13.3. The predicted octanol–water partition coefficient (Wildman–Crippen LogP) is 4.77. The highest BCUT2D eigenvalue weighted by atomic mass is 35.5. The molecular weight excluding hydrogens is 337 g/mol. The molecule has 1 aromatic heterocycles. The number of nitrogens with zero attached hydrogens (tertiary/aromatic N) is 2. The van der Waals surface area contributed by atoms with E-state index in [0.29, 0.717) is 11.6 Å². The summed E-state index contributed by atoms with van der Waals surface area (Å²) < 4.78 is 13.3. The van der Waals surface area contributed by atoms with Crippen molar-refractivity contribution in [2.75, 3.05) is 11.6 Å². The van der Waals surface area contributed by atoms with E-state index in [-0.39, 0.29) is 5.82 Å². The van der Waals surface area contributed by atoms with Gasteiger partial charge in [-0.1, -0.05) is 23.7 Å². The topological polar surface area (TPSA) is 28.2 Å². The number of nitrogens with one attached hydrogen (secondary N) is 1. The summed E-state index contributed by atoms with van der Waals surface area (Å²) in [6, 6.07) is 18.1. The summed E-state index contributed by atoms with van der Waals surface area (Å²) in [5.74, 6) is -0.240. The summed E-state index contributed by atoms with van der Waals surface area (Å²) in [7, 11) is 0. The molecule has 25 heavy (non-hydrogen) atoms. The summed E-state index contributed by atoms with van der Waals surface area (Å²) in [4.78, 5) is 4.08. The molecule has 0 saturated heterocycles. The van der Waals surface area contributed by atoms with Crippen LogP contribution in [0.4, 0.5) is 10.1 Å². The minimum Gasteiger partial charge on any atom is -0.297 e. The lowest BCUT2D eigenvalue weighted by Crippen LogP contribution is -2.31. The van der Waals surface area contributed by atoms with Crippen molar-refractivity contribution in [1.29, 1.82) is 0 Å². The van der Waals surface area contributed by atoms with E-state index in [9.17, 15) is 4.39 Å². The van der Waals surface area contributed by atoms with Crippen molar-refractivity contribution in [2.24, 2.45) is 0 Å². The van der Waals surface area contributed by atoms with E-state index >= 15 is 0 Å². The van der Waals surface area contributed by atoms with Crippen LogP contribution < -0.4 is 10.4 Å². The number of anilines is 1. The van der Waals surface area contributed by atoms with Gasteiger partial charge in [-0.15, -0.1) is 0 Å². The lowest BCUT2D eigenvalue weighted by atomic mass is 10.0. The Bertz CT molecular complexity index is 906. The van der Waals surface area contributed by atoms with E-state index in [1.165, 1.54) is 12.1 Å². The third-order valence-corrected chi connectivity index (χ3v) is 4.42. The Morgan fingerprint density at radius 1 is 0.880 bits per heavy atom. The molecule has 0 amide bonds. The molecule has 0 fully saturated rings. The molecule has 0 bridgehead atoms. The van der Waals surface area contributed by atoms with Crippen LogP contribution in [0.25, 0.3) is 11.3 Å². The predicted molar refractivity (Wildman–Crippen MR) is 99.4 cm³/mol. The number of rotatable bonds is 3.